The fraction of sp³-hybridized carbons (Fsp3) is 0.462. The topological polar surface area (TPSA) is 58.4 Å². The molecule has 0 aromatic heterocycles. The molecule has 0 heterocycles. The van der Waals surface area contributed by atoms with Crippen LogP contribution in [0.3, 0.4) is 0 Å². The third kappa shape index (κ3) is 3.51. The van der Waals surface area contributed by atoms with Gasteiger partial charge in [0, 0.05) is 19.6 Å². The molecule has 0 saturated heterocycles. The van der Waals surface area contributed by atoms with Gasteiger partial charge in [-0.2, -0.15) is 0 Å². The molecule has 1 aromatic carbocycles. The Morgan fingerprint density at radius 1 is 1.50 bits per heavy atom. The number of nitrogens with two attached hydrogens (primary N) is 1. The van der Waals surface area contributed by atoms with E-state index in [1.54, 1.807) is 6.07 Å². The molecule has 0 spiro atoms. The van der Waals surface area contributed by atoms with Gasteiger partial charge in [-0.3, -0.25) is 4.79 Å². The summed E-state index contributed by atoms with van der Waals surface area (Å²) in [5.41, 5.74) is 6.56. The first-order valence-electron chi connectivity index (χ1n) is 5.86. The monoisotopic (exact) mass is 253 g/mol. The second-order valence-electron chi connectivity index (χ2n) is 4.45. The van der Waals surface area contributed by atoms with Gasteiger partial charge in [0.2, 0.25) is 0 Å². The van der Waals surface area contributed by atoms with Crippen molar-refractivity contribution >= 4 is 5.91 Å². The first kappa shape index (κ1) is 14.6. The molecule has 1 amide bonds. The van der Waals surface area contributed by atoms with Gasteiger partial charge in [0.05, 0.1) is 5.56 Å². The summed E-state index contributed by atoms with van der Waals surface area (Å²) in [7, 11) is 5.35. The van der Waals surface area contributed by atoms with E-state index in [2.05, 4.69) is 5.32 Å². The molecule has 1 rings (SSSR count). The number of amides is 1. The van der Waals surface area contributed by atoms with Crippen LogP contribution in [0.1, 0.15) is 15.9 Å². The zero-order valence-corrected chi connectivity index (χ0v) is 11.0. The summed E-state index contributed by atoms with van der Waals surface area (Å²) < 4.78 is 13.7. The van der Waals surface area contributed by atoms with E-state index in [1.807, 2.05) is 19.0 Å². The summed E-state index contributed by atoms with van der Waals surface area (Å²) in [6.07, 6.45) is 0.661. The Morgan fingerprint density at radius 3 is 2.61 bits per heavy atom. The lowest BCUT2D eigenvalue weighted by Gasteiger charge is -2.22. The van der Waals surface area contributed by atoms with Crippen LogP contribution in [0.4, 0.5) is 4.39 Å². The lowest BCUT2D eigenvalue weighted by Crippen LogP contribution is -2.36. The number of likely N-dealkylation sites (N-methyl/N-ethyl adjacent to an activating group) is 1. The Labute approximate surface area is 107 Å². The molecule has 0 bridgehead atoms. The number of hydrogen-bond acceptors (Lipinski definition) is 3. The number of carbonyl (C=O) groups is 1. The fourth-order valence-corrected chi connectivity index (χ4v) is 1.75. The maximum absolute atomic E-state index is 13.7. The Morgan fingerprint density at radius 2 is 2.17 bits per heavy atom. The molecule has 5 heteroatoms. The van der Waals surface area contributed by atoms with Gasteiger partial charge in [-0.1, -0.05) is 6.07 Å². The van der Waals surface area contributed by atoms with E-state index in [1.165, 1.54) is 19.2 Å². The van der Waals surface area contributed by atoms with E-state index in [0.29, 0.717) is 13.0 Å². The van der Waals surface area contributed by atoms with Gasteiger partial charge in [0.1, 0.15) is 5.82 Å². The van der Waals surface area contributed by atoms with Gasteiger partial charge in [-0.25, -0.2) is 4.39 Å². The minimum Gasteiger partial charge on any atom is -0.355 e. The molecule has 18 heavy (non-hydrogen) atoms. The number of carbonyl (C=O) groups excluding carboxylic acids is 1. The van der Waals surface area contributed by atoms with Gasteiger partial charge < -0.3 is 16.0 Å². The van der Waals surface area contributed by atoms with Crippen LogP contribution < -0.4 is 11.1 Å². The molecular weight excluding hydrogens is 233 g/mol. The Balaban J connectivity index is 2.87. The SMILES string of the molecule is CNC(=O)c1ccc(C[C@@H](CN)N(C)C)cc1F. The van der Waals surface area contributed by atoms with Crippen LogP contribution in [-0.2, 0) is 6.42 Å². The zero-order chi connectivity index (χ0) is 13.7. The quantitative estimate of drug-likeness (QED) is 0.808. The average molecular weight is 253 g/mol. The summed E-state index contributed by atoms with van der Waals surface area (Å²) in [4.78, 5) is 13.4. The maximum Gasteiger partial charge on any atom is 0.253 e. The van der Waals surface area contributed by atoms with E-state index < -0.39 is 11.7 Å². The highest BCUT2D eigenvalue weighted by Crippen LogP contribution is 2.13. The largest absolute Gasteiger partial charge is 0.355 e. The minimum absolute atomic E-state index is 0.0652. The van der Waals surface area contributed by atoms with Crippen molar-refractivity contribution < 1.29 is 9.18 Å². The third-order valence-electron chi connectivity index (χ3n) is 2.98. The lowest BCUT2D eigenvalue weighted by molar-refractivity contribution is 0.0959. The molecule has 0 saturated carbocycles. The minimum atomic E-state index is -0.499. The molecule has 1 aromatic rings. The summed E-state index contributed by atoms with van der Waals surface area (Å²) in [6.45, 7) is 0.506. The summed E-state index contributed by atoms with van der Waals surface area (Å²) in [5, 5.41) is 2.40. The molecule has 1 atom stereocenters. The smallest absolute Gasteiger partial charge is 0.253 e. The lowest BCUT2D eigenvalue weighted by atomic mass is 10.0. The van der Waals surface area contributed by atoms with Crippen molar-refractivity contribution in [3.8, 4) is 0 Å². The second-order valence-corrected chi connectivity index (χ2v) is 4.45. The molecule has 0 unspecified atom stereocenters. The third-order valence-corrected chi connectivity index (χ3v) is 2.98. The zero-order valence-electron chi connectivity index (χ0n) is 11.0. The first-order valence-corrected chi connectivity index (χ1v) is 5.86. The average Bonchev–Trinajstić information content (AvgIpc) is 2.34. The van der Waals surface area contributed by atoms with E-state index in [9.17, 15) is 9.18 Å². The predicted molar refractivity (Wildman–Crippen MR) is 70.0 cm³/mol. The summed E-state index contributed by atoms with van der Waals surface area (Å²) in [5.74, 6) is -0.914. The van der Waals surface area contributed by atoms with Gasteiger partial charge in [-0.15, -0.1) is 0 Å². The highest BCUT2D eigenvalue weighted by Gasteiger charge is 2.14. The van der Waals surface area contributed by atoms with Crippen LogP contribution >= 0.6 is 0 Å². The van der Waals surface area contributed by atoms with E-state index in [4.69, 9.17) is 5.73 Å². The van der Waals surface area contributed by atoms with Crippen LogP contribution in [0.15, 0.2) is 18.2 Å². The van der Waals surface area contributed by atoms with E-state index in [-0.39, 0.29) is 11.6 Å². The number of nitrogens with one attached hydrogen (secondary N) is 1. The highest BCUT2D eigenvalue weighted by atomic mass is 19.1. The van der Waals surface area contributed by atoms with Crippen LogP contribution in [0.25, 0.3) is 0 Å². The molecule has 0 aliphatic heterocycles. The highest BCUT2D eigenvalue weighted by molar-refractivity contribution is 5.94. The normalized spacial score (nSPS) is 12.6. The van der Waals surface area contributed by atoms with Crippen molar-refractivity contribution in [1.29, 1.82) is 0 Å². The Hall–Kier alpha value is -1.46. The standard InChI is InChI=1S/C13H20FN3O/c1-16-13(18)11-5-4-9(7-12(11)14)6-10(8-15)17(2)3/h4-5,7,10H,6,8,15H2,1-3H3,(H,16,18)/t10-/m0/s1. The number of hydrogen-bond donors (Lipinski definition) is 2. The van der Waals surface area contributed by atoms with Crippen molar-refractivity contribution in [3.63, 3.8) is 0 Å². The molecule has 0 radical (unpaired) electrons. The summed E-state index contributed by atoms with van der Waals surface area (Å²) in [6, 6.07) is 4.83. The van der Waals surface area contributed by atoms with Crippen LogP contribution in [0.5, 0.6) is 0 Å². The fourth-order valence-electron chi connectivity index (χ4n) is 1.75. The number of halogens is 1. The van der Waals surface area contributed by atoms with Gasteiger partial charge >= 0.3 is 0 Å². The maximum atomic E-state index is 13.7. The molecule has 0 aliphatic rings. The van der Waals surface area contributed by atoms with Crippen LogP contribution in [0.2, 0.25) is 0 Å². The molecule has 0 aliphatic carbocycles. The van der Waals surface area contributed by atoms with Crippen molar-refractivity contribution in [3.05, 3.63) is 35.1 Å². The van der Waals surface area contributed by atoms with E-state index >= 15 is 0 Å². The molecule has 100 valence electrons. The molecule has 4 nitrogen and oxygen atoms in total. The molecular formula is C13H20FN3O. The summed E-state index contributed by atoms with van der Waals surface area (Å²) >= 11 is 0. The second kappa shape index (κ2) is 6.47. The van der Waals surface area contributed by atoms with Crippen LogP contribution in [-0.4, -0.2) is 44.5 Å². The number of benzene rings is 1. The van der Waals surface area contributed by atoms with Gasteiger partial charge in [0.25, 0.3) is 5.91 Å². The van der Waals surface area contributed by atoms with Gasteiger partial charge in [0.15, 0.2) is 0 Å². The Bertz CT molecular complexity index is 421. The van der Waals surface area contributed by atoms with Crippen molar-refractivity contribution in [1.82, 2.24) is 10.2 Å². The number of nitrogens with zero attached hydrogens (tertiary/aromatic N) is 1. The molecule has 0 fully saturated rings. The van der Waals surface area contributed by atoms with E-state index in [0.717, 1.165) is 5.56 Å². The van der Waals surface area contributed by atoms with Crippen LogP contribution in [0, 0.1) is 5.82 Å². The molecule has 3 N–H and O–H groups in total. The predicted octanol–water partition coefficient (Wildman–Crippen LogP) is 0.617. The van der Waals surface area contributed by atoms with Gasteiger partial charge in [-0.05, 0) is 38.2 Å². The van der Waals surface area contributed by atoms with Crippen molar-refractivity contribution in [2.24, 2.45) is 5.73 Å². The number of rotatable bonds is 5. The van der Waals surface area contributed by atoms with Crippen molar-refractivity contribution in [2.75, 3.05) is 27.7 Å². The Kier molecular flexibility index (Phi) is 5.25. The first-order chi connectivity index (χ1) is 8.49. The van der Waals surface area contributed by atoms with Crippen molar-refractivity contribution in [2.45, 2.75) is 12.5 Å².